The Morgan fingerprint density at radius 3 is 2.79 bits per heavy atom. The quantitative estimate of drug-likeness (QED) is 0.910. The van der Waals surface area contributed by atoms with Crippen molar-refractivity contribution in [3.63, 3.8) is 0 Å². The zero-order chi connectivity index (χ0) is 13.2. The Labute approximate surface area is 112 Å². The van der Waals surface area contributed by atoms with Gasteiger partial charge >= 0.3 is 0 Å². The Bertz CT molecular complexity index is 617. The number of carbonyl (C=O) groups is 1. The minimum atomic E-state index is 0.140. The number of carbonyl (C=O) groups excluding carboxylic acids is 1. The number of hydrogen-bond acceptors (Lipinski definition) is 2. The predicted molar refractivity (Wildman–Crippen MR) is 76.5 cm³/mol. The van der Waals surface area contributed by atoms with Crippen molar-refractivity contribution in [3.05, 3.63) is 36.4 Å². The molecule has 1 N–H and O–H groups in total. The zero-order valence-electron chi connectivity index (χ0n) is 11.0. The summed E-state index contributed by atoms with van der Waals surface area (Å²) in [6.45, 7) is 0. The summed E-state index contributed by atoms with van der Waals surface area (Å²) in [4.78, 5) is 12.1. The maximum absolute atomic E-state index is 12.1. The largest absolute Gasteiger partial charge is 0.497 e. The molecule has 0 atom stereocenters. The van der Waals surface area contributed by atoms with Crippen LogP contribution in [0.15, 0.2) is 36.4 Å². The molecule has 0 aliphatic heterocycles. The first kappa shape index (κ1) is 12.0. The molecule has 2 aromatic carbocycles. The fourth-order valence-electron chi connectivity index (χ4n) is 2.39. The lowest BCUT2D eigenvalue weighted by atomic mass is 9.85. The van der Waals surface area contributed by atoms with Crippen molar-refractivity contribution < 1.29 is 9.53 Å². The van der Waals surface area contributed by atoms with E-state index in [0.29, 0.717) is 0 Å². The van der Waals surface area contributed by atoms with Crippen molar-refractivity contribution in [3.8, 4) is 5.75 Å². The highest BCUT2D eigenvalue weighted by Gasteiger charge is 2.25. The number of hydrogen-bond donors (Lipinski definition) is 1. The SMILES string of the molecule is COc1ccc2cccc(NC(=O)C3CCC3)c2c1. The number of methoxy groups -OCH3 is 1. The van der Waals surface area contributed by atoms with Gasteiger partial charge in [0.2, 0.25) is 5.91 Å². The number of ether oxygens (including phenoxy) is 1. The van der Waals surface area contributed by atoms with E-state index in [1.165, 1.54) is 6.42 Å². The van der Waals surface area contributed by atoms with E-state index >= 15 is 0 Å². The van der Waals surface area contributed by atoms with Crippen LogP contribution in [0.5, 0.6) is 5.75 Å². The van der Waals surface area contributed by atoms with E-state index in [0.717, 1.165) is 35.1 Å². The first-order valence-corrected chi connectivity index (χ1v) is 6.65. The second-order valence-electron chi connectivity index (χ2n) is 5.01. The lowest BCUT2D eigenvalue weighted by Crippen LogP contribution is -2.28. The number of benzene rings is 2. The molecule has 19 heavy (non-hydrogen) atoms. The molecule has 3 heteroatoms. The molecule has 1 amide bonds. The third-order valence-electron chi connectivity index (χ3n) is 3.82. The molecular weight excluding hydrogens is 238 g/mol. The van der Waals surface area contributed by atoms with Gasteiger partial charge in [-0.1, -0.05) is 24.6 Å². The van der Waals surface area contributed by atoms with Gasteiger partial charge in [-0.25, -0.2) is 0 Å². The van der Waals surface area contributed by atoms with Crippen LogP contribution < -0.4 is 10.1 Å². The average molecular weight is 255 g/mol. The fourth-order valence-corrected chi connectivity index (χ4v) is 2.39. The Morgan fingerprint density at radius 2 is 2.11 bits per heavy atom. The summed E-state index contributed by atoms with van der Waals surface area (Å²) in [5.74, 6) is 1.14. The van der Waals surface area contributed by atoms with Gasteiger partial charge < -0.3 is 10.1 Å². The van der Waals surface area contributed by atoms with E-state index < -0.39 is 0 Å². The fraction of sp³-hybridized carbons (Fsp3) is 0.312. The van der Waals surface area contributed by atoms with Crippen LogP contribution in [-0.2, 0) is 4.79 Å². The van der Waals surface area contributed by atoms with Gasteiger partial charge in [-0.15, -0.1) is 0 Å². The van der Waals surface area contributed by atoms with Crippen LogP contribution in [0.3, 0.4) is 0 Å². The van der Waals surface area contributed by atoms with E-state index in [1.54, 1.807) is 7.11 Å². The Hall–Kier alpha value is -2.03. The molecule has 1 aliphatic carbocycles. The highest BCUT2D eigenvalue weighted by molar-refractivity contribution is 6.03. The average Bonchev–Trinajstić information content (AvgIpc) is 2.36. The number of anilines is 1. The minimum absolute atomic E-state index is 0.140. The van der Waals surface area contributed by atoms with Crippen LogP contribution in [0, 0.1) is 5.92 Å². The standard InChI is InChI=1S/C16H17NO2/c1-19-13-9-8-11-4-3-7-15(14(11)10-13)17-16(18)12-5-2-6-12/h3-4,7-10,12H,2,5-6H2,1H3,(H,17,18). The van der Waals surface area contributed by atoms with E-state index in [9.17, 15) is 4.79 Å². The van der Waals surface area contributed by atoms with Crippen LogP contribution >= 0.6 is 0 Å². The Morgan fingerprint density at radius 1 is 1.26 bits per heavy atom. The first-order valence-electron chi connectivity index (χ1n) is 6.65. The third-order valence-corrected chi connectivity index (χ3v) is 3.82. The molecule has 0 heterocycles. The van der Waals surface area contributed by atoms with Gasteiger partial charge in [0.25, 0.3) is 0 Å². The Balaban J connectivity index is 1.95. The summed E-state index contributed by atoms with van der Waals surface area (Å²) in [6.07, 6.45) is 3.20. The summed E-state index contributed by atoms with van der Waals surface area (Å²) in [6, 6.07) is 11.8. The molecule has 0 radical (unpaired) electrons. The molecule has 0 unspecified atom stereocenters. The maximum Gasteiger partial charge on any atom is 0.227 e. The summed E-state index contributed by atoms with van der Waals surface area (Å²) in [5, 5.41) is 5.17. The summed E-state index contributed by atoms with van der Waals surface area (Å²) in [7, 11) is 1.65. The van der Waals surface area contributed by atoms with Crippen molar-refractivity contribution in [2.75, 3.05) is 12.4 Å². The molecule has 1 saturated carbocycles. The third kappa shape index (κ3) is 2.28. The molecule has 98 valence electrons. The Kier molecular flexibility index (Phi) is 3.11. The topological polar surface area (TPSA) is 38.3 Å². The summed E-state index contributed by atoms with van der Waals surface area (Å²) < 4.78 is 5.25. The van der Waals surface area contributed by atoms with Gasteiger partial charge in [0.05, 0.1) is 7.11 Å². The van der Waals surface area contributed by atoms with Crippen molar-refractivity contribution in [2.45, 2.75) is 19.3 Å². The number of fused-ring (bicyclic) bond motifs is 1. The van der Waals surface area contributed by atoms with Gasteiger partial charge in [-0.3, -0.25) is 4.79 Å². The highest BCUT2D eigenvalue weighted by Crippen LogP contribution is 2.31. The van der Waals surface area contributed by atoms with Gasteiger partial charge in [-0.2, -0.15) is 0 Å². The van der Waals surface area contributed by atoms with Gasteiger partial charge in [0.1, 0.15) is 5.75 Å². The molecule has 0 saturated heterocycles. The predicted octanol–water partition coefficient (Wildman–Crippen LogP) is 3.59. The molecule has 3 rings (SSSR count). The highest BCUT2D eigenvalue weighted by atomic mass is 16.5. The van der Waals surface area contributed by atoms with Crippen LogP contribution in [-0.4, -0.2) is 13.0 Å². The lowest BCUT2D eigenvalue weighted by Gasteiger charge is -2.24. The summed E-state index contributed by atoms with van der Waals surface area (Å²) >= 11 is 0. The second kappa shape index (κ2) is 4.92. The molecular formula is C16H17NO2. The number of rotatable bonds is 3. The monoisotopic (exact) mass is 255 g/mol. The van der Waals surface area contributed by atoms with Gasteiger partial charge in [0.15, 0.2) is 0 Å². The van der Waals surface area contributed by atoms with Gasteiger partial charge in [-0.05, 0) is 36.4 Å². The van der Waals surface area contributed by atoms with E-state index in [2.05, 4.69) is 5.32 Å². The van der Waals surface area contributed by atoms with Crippen LogP contribution in [0.4, 0.5) is 5.69 Å². The molecule has 2 aromatic rings. The van der Waals surface area contributed by atoms with Crippen LogP contribution in [0.25, 0.3) is 10.8 Å². The normalized spacial score (nSPS) is 15.0. The summed E-state index contributed by atoms with van der Waals surface area (Å²) in [5.41, 5.74) is 0.869. The van der Waals surface area contributed by atoms with Crippen molar-refractivity contribution >= 4 is 22.4 Å². The smallest absolute Gasteiger partial charge is 0.227 e. The van der Waals surface area contributed by atoms with Crippen molar-refractivity contribution in [1.29, 1.82) is 0 Å². The second-order valence-corrected chi connectivity index (χ2v) is 5.01. The number of amides is 1. The molecule has 0 aromatic heterocycles. The van der Waals surface area contributed by atoms with E-state index in [-0.39, 0.29) is 11.8 Å². The molecule has 0 bridgehead atoms. The van der Waals surface area contributed by atoms with Crippen molar-refractivity contribution in [1.82, 2.24) is 0 Å². The minimum Gasteiger partial charge on any atom is -0.497 e. The zero-order valence-corrected chi connectivity index (χ0v) is 11.0. The lowest BCUT2D eigenvalue weighted by molar-refractivity contribution is -0.122. The van der Waals surface area contributed by atoms with E-state index in [4.69, 9.17) is 4.74 Å². The van der Waals surface area contributed by atoms with Gasteiger partial charge in [0, 0.05) is 17.0 Å². The van der Waals surface area contributed by atoms with E-state index in [1.807, 2.05) is 36.4 Å². The first-order chi connectivity index (χ1) is 9.28. The maximum atomic E-state index is 12.1. The number of nitrogens with one attached hydrogen (secondary N) is 1. The van der Waals surface area contributed by atoms with Crippen LogP contribution in [0.1, 0.15) is 19.3 Å². The molecule has 1 aliphatic rings. The molecule has 0 spiro atoms. The van der Waals surface area contributed by atoms with Crippen LogP contribution in [0.2, 0.25) is 0 Å². The van der Waals surface area contributed by atoms with Crippen molar-refractivity contribution in [2.24, 2.45) is 5.92 Å². The molecule has 1 fully saturated rings. The molecule has 3 nitrogen and oxygen atoms in total.